The Morgan fingerprint density at radius 1 is 0.500 bits per heavy atom. The lowest BCUT2D eigenvalue weighted by Crippen LogP contribution is -2.32. The van der Waals surface area contributed by atoms with Crippen molar-refractivity contribution in [2.24, 2.45) is 0 Å². The number of hydrogen-bond donors (Lipinski definition) is 0. The molecule has 4 aromatic rings. The fourth-order valence-electron chi connectivity index (χ4n) is 5.72. The Bertz CT molecular complexity index is 1710. The Morgan fingerprint density at radius 2 is 0.891 bits per heavy atom. The van der Waals surface area contributed by atoms with Crippen LogP contribution in [0.25, 0.3) is 0 Å². The number of halogens is 3. The molecule has 0 amide bonds. The quantitative estimate of drug-likeness (QED) is 0.210. The first kappa shape index (κ1) is 34.3. The van der Waals surface area contributed by atoms with Crippen LogP contribution >= 0.6 is 23.5 Å². The van der Waals surface area contributed by atoms with Gasteiger partial charge in [0.15, 0.2) is 0 Å². The standard InChI is InChI=1S/C20H22F3NS.C19H23NS/c1-12(2)14-6-8-18-17(9-14)24(11-20(21,22)23)16-7-5-15(13(3)4)10-19(16)25-18;1-12(2)14-7-9-18-17(10-14)20(5)16-8-6-15(13(3)4)11-19(16)21-18/h5-10,12-13H,11H2,1-4H3;6-13H,1-5H3. The average Bonchev–Trinajstić information content (AvgIpc) is 2.99. The van der Waals surface area contributed by atoms with Gasteiger partial charge in [-0.05, 0) is 94.5 Å². The van der Waals surface area contributed by atoms with Crippen molar-refractivity contribution in [3.05, 3.63) is 95.1 Å². The zero-order valence-corrected chi connectivity index (χ0v) is 29.9. The summed E-state index contributed by atoms with van der Waals surface area (Å²) >= 11 is 3.45. The summed E-state index contributed by atoms with van der Waals surface area (Å²) in [7, 11) is 2.18. The molecule has 46 heavy (non-hydrogen) atoms. The molecule has 0 saturated heterocycles. The first-order valence-electron chi connectivity index (χ1n) is 16.1. The summed E-state index contributed by atoms with van der Waals surface area (Å²) in [5.41, 5.74) is 8.95. The number of nitrogens with zero attached hydrogens (tertiary/aromatic N) is 2. The molecule has 244 valence electrons. The minimum absolute atomic E-state index is 0.271. The second-order valence-electron chi connectivity index (χ2n) is 13.5. The van der Waals surface area contributed by atoms with Crippen LogP contribution < -0.4 is 9.80 Å². The molecule has 2 heterocycles. The van der Waals surface area contributed by atoms with E-state index < -0.39 is 12.7 Å². The predicted molar refractivity (Wildman–Crippen MR) is 191 cm³/mol. The van der Waals surface area contributed by atoms with Crippen molar-refractivity contribution in [3.63, 3.8) is 0 Å². The molecule has 0 aliphatic carbocycles. The predicted octanol–water partition coefficient (Wildman–Crippen LogP) is 13.3. The number of anilines is 4. The smallest absolute Gasteiger partial charge is 0.343 e. The molecular formula is C39H45F3N2S2. The number of fused-ring (bicyclic) bond motifs is 4. The molecule has 0 fully saturated rings. The number of rotatable bonds is 5. The van der Waals surface area contributed by atoms with Gasteiger partial charge in [-0.15, -0.1) is 0 Å². The topological polar surface area (TPSA) is 6.48 Å². The fraction of sp³-hybridized carbons (Fsp3) is 0.385. The van der Waals surface area contributed by atoms with Crippen molar-refractivity contribution >= 4 is 46.3 Å². The maximum absolute atomic E-state index is 13.2. The minimum Gasteiger partial charge on any atom is -0.343 e. The molecule has 0 aromatic heterocycles. The lowest BCUT2D eigenvalue weighted by atomic mass is 10.0. The van der Waals surface area contributed by atoms with Gasteiger partial charge in [-0.3, -0.25) is 0 Å². The van der Waals surface area contributed by atoms with Crippen molar-refractivity contribution < 1.29 is 13.2 Å². The van der Waals surface area contributed by atoms with Gasteiger partial charge in [0.1, 0.15) is 6.54 Å². The van der Waals surface area contributed by atoms with Gasteiger partial charge < -0.3 is 9.80 Å². The molecule has 2 nitrogen and oxygen atoms in total. The molecule has 2 aliphatic heterocycles. The Kier molecular flexibility index (Phi) is 10.1. The summed E-state index contributed by atoms with van der Waals surface area (Å²) in [4.78, 5) is 8.24. The van der Waals surface area contributed by atoms with Crippen molar-refractivity contribution in [3.8, 4) is 0 Å². The first-order chi connectivity index (χ1) is 21.6. The van der Waals surface area contributed by atoms with E-state index in [1.165, 1.54) is 37.2 Å². The molecule has 7 heteroatoms. The monoisotopic (exact) mass is 662 g/mol. The van der Waals surface area contributed by atoms with Gasteiger partial charge in [0.2, 0.25) is 0 Å². The van der Waals surface area contributed by atoms with Crippen LogP contribution in [0.4, 0.5) is 35.9 Å². The van der Waals surface area contributed by atoms with Gasteiger partial charge >= 0.3 is 6.18 Å². The molecule has 4 aromatic carbocycles. The molecular weight excluding hydrogens is 618 g/mol. The van der Waals surface area contributed by atoms with Gasteiger partial charge in [0.05, 0.1) is 22.7 Å². The zero-order valence-electron chi connectivity index (χ0n) is 28.3. The van der Waals surface area contributed by atoms with Crippen LogP contribution in [0, 0.1) is 0 Å². The van der Waals surface area contributed by atoms with Crippen molar-refractivity contribution in [2.45, 2.75) is 105 Å². The fourth-order valence-corrected chi connectivity index (χ4v) is 8.02. The van der Waals surface area contributed by atoms with Gasteiger partial charge in [-0.1, -0.05) is 103 Å². The Balaban J connectivity index is 0.000000184. The highest BCUT2D eigenvalue weighted by atomic mass is 32.2. The Morgan fingerprint density at radius 3 is 1.37 bits per heavy atom. The van der Waals surface area contributed by atoms with Crippen molar-refractivity contribution in [1.29, 1.82) is 0 Å². The van der Waals surface area contributed by atoms with Crippen LogP contribution in [-0.4, -0.2) is 19.8 Å². The number of hydrogen-bond acceptors (Lipinski definition) is 4. The van der Waals surface area contributed by atoms with Crippen LogP contribution in [0.5, 0.6) is 0 Å². The Hall–Kier alpha value is -3.03. The molecule has 0 radical (unpaired) electrons. The van der Waals surface area contributed by atoms with Gasteiger partial charge in [-0.25, -0.2) is 0 Å². The third-order valence-electron chi connectivity index (χ3n) is 8.68. The van der Waals surface area contributed by atoms with E-state index in [-0.39, 0.29) is 5.92 Å². The minimum atomic E-state index is -4.26. The van der Waals surface area contributed by atoms with E-state index in [1.807, 2.05) is 48.2 Å². The molecule has 0 saturated carbocycles. The molecule has 2 aliphatic rings. The van der Waals surface area contributed by atoms with Crippen molar-refractivity contribution in [1.82, 2.24) is 0 Å². The van der Waals surface area contributed by atoms with E-state index in [4.69, 9.17) is 0 Å². The molecule has 0 spiro atoms. The Labute approximate surface area is 281 Å². The lowest BCUT2D eigenvalue weighted by Gasteiger charge is -2.34. The summed E-state index contributed by atoms with van der Waals surface area (Å²) < 4.78 is 39.7. The summed E-state index contributed by atoms with van der Waals surface area (Å²) in [6.07, 6.45) is -4.26. The van der Waals surface area contributed by atoms with Gasteiger partial charge in [0.25, 0.3) is 0 Å². The SMILES string of the molecule is CC(C)c1ccc2c(c1)Sc1ccc(C(C)C)cc1N2C.CC(C)c1ccc2c(c1)Sc1ccc(C(C)C)cc1N2CC(F)(F)F. The second-order valence-corrected chi connectivity index (χ2v) is 15.7. The van der Waals surface area contributed by atoms with E-state index in [0.717, 1.165) is 20.9 Å². The summed E-state index contributed by atoms with van der Waals surface area (Å²) in [6.45, 7) is 16.3. The highest BCUT2D eigenvalue weighted by molar-refractivity contribution is 8.00. The lowest BCUT2D eigenvalue weighted by molar-refractivity contribution is -0.118. The summed E-state index contributed by atoms with van der Waals surface area (Å²) in [5, 5.41) is 0. The number of alkyl halides is 3. The van der Waals surface area contributed by atoms with E-state index in [2.05, 4.69) is 104 Å². The van der Waals surface area contributed by atoms with Gasteiger partial charge in [-0.2, -0.15) is 13.2 Å². The normalized spacial score (nSPS) is 13.8. The highest BCUT2D eigenvalue weighted by Gasteiger charge is 2.35. The van der Waals surface area contributed by atoms with Crippen LogP contribution in [-0.2, 0) is 0 Å². The molecule has 0 unspecified atom stereocenters. The highest BCUT2D eigenvalue weighted by Crippen LogP contribution is 2.51. The van der Waals surface area contributed by atoms with Crippen LogP contribution in [0.15, 0.2) is 92.4 Å². The molecule has 0 N–H and O–H groups in total. The van der Waals surface area contributed by atoms with Crippen LogP contribution in [0.2, 0.25) is 0 Å². The van der Waals surface area contributed by atoms with Crippen LogP contribution in [0.1, 0.15) is 101 Å². The van der Waals surface area contributed by atoms with E-state index >= 15 is 0 Å². The zero-order chi connectivity index (χ0) is 33.5. The maximum atomic E-state index is 13.2. The maximum Gasteiger partial charge on any atom is 0.406 e. The van der Waals surface area contributed by atoms with Gasteiger partial charge in [0, 0.05) is 26.6 Å². The number of benzene rings is 4. The summed E-state index contributed by atoms with van der Waals surface area (Å²) in [6, 6.07) is 25.4. The molecule has 0 bridgehead atoms. The van der Waals surface area contributed by atoms with Crippen LogP contribution in [0.3, 0.4) is 0 Å². The van der Waals surface area contributed by atoms with E-state index in [1.54, 1.807) is 11.8 Å². The third-order valence-corrected chi connectivity index (χ3v) is 10.9. The largest absolute Gasteiger partial charge is 0.406 e. The second kappa shape index (κ2) is 13.6. The average molecular weight is 663 g/mol. The summed E-state index contributed by atoms with van der Waals surface area (Å²) in [5.74, 6) is 1.75. The first-order valence-corrected chi connectivity index (χ1v) is 17.8. The molecule has 0 atom stereocenters. The third kappa shape index (κ3) is 7.41. The van der Waals surface area contributed by atoms with Crippen molar-refractivity contribution in [2.75, 3.05) is 23.4 Å². The van der Waals surface area contributed by atoms with E-state index in [0.29, 0.717) is 29.1 Å². The molecule has 6 rings (SSSR count). The van der Waals surface area contributed by atoms with E-state index in [9.17, 15) is 13.2 Å².